The Morgan fingerprint density at radius 1 is 0.719 bits per heavy atom. The fourth-order valence-corrected chi connectivity index (χ4v) is 3.74. The van der Waals surface area contributed by atoms with Crippen LogP contribution in [0, 0.1) is 0 Å². The Balaban J connectivity index is 1.92. The Hall–Kier alpha value is -2.12. The van der Waals surface area contributed by atoms with Gasteiger partial charge in [0.2, 0.25) is 11.8 Å². The van der Waals surface area contributed by atoms with Gasteiger partial charge in [-0.25, -0.2) is 10.9 Å². The minimum atomic E-state index is -0.406. The first-order valence-corrected chi connectivity index (χ1v) is 11.4. The van der Waals surface area contributed by atoms with Crippen molar-refractivity contribution in [3.8, 4) is 0 Å². The second kappa shape index (κ2) is 12.8. The first-order valence-electron chi connectivity index (χ1n) is 9.86. The molecular weight excluding hydrogens is 494 g/mol. The molecule has 0 heterocycles. The highest BCUT2D eigenvalue weighted by atomic mass is 35.5. The van der Waals surface area contributed by atoms with Gasteiger partial charge in [-0.15, -0.1) is 0 Å². The van der Waals surface area contributed by atoms with Crippen molar-refractivity contribution in [2.75, 3.05) is 0 Å². The number of carbonyl (C=O) groups is 2. The quantitative estimate of drug-likeness (QED) is 0.306. The Morgan fingerprint density at radius 3 is 1.41 bits per heavy atom. The fourth-order valence-electron chi connectivity index (χ4n) is 2.71. The molecule has 0 aromatic heterocycles. The number of nitrogens with one attached hydrogen (secondary N) is 2. The highest BCUT2D eigenvalue weighted by molar-refractivity contribution is 6.37. The number of hydrazone groups is 2. The van der Waals surface area contributed by atoms with Crippen molar-refractivity contribution in [3.05, 3.63) is 67.6 Å². The van der Waals surface area contributed by atoms with Gasteiger partial charge < -0.3 is 0 Å². The number of benzene rings is 2. The average Bonchev–Trinajstić information content (AvgIpc) is 2.75. The van der Waals surface area contributed by atoms with Crippen molar-refractivity contribution in [3.63, 3.8) is 0 Å². The predicted octanol–water partition coefficient (Wildman–Crippen LogP) is 6.24. The van der Waals surface area contributed by atoms with Crippen molar-refractivity contribution < 1.29 is 9.59 Å². The summed E-state index contributed by atoms with van der Waals surface area (Å²) in [6, 6.07) is 10.1. The number of amides is 2. The molecule has 170 valence electrons. The molecular formula is C22H22Cl4N4O2. The van der Waals surface area contributed by atoms with Crippen molar-refractivity contribution in [1.82, 2.24) is 10.9 Å². The molecule has 2 N–H and O–H groups in total. The van der Waals surface area contributed by atoms with Gasteiger partial charge in [-0.1, -0.05) is 72.4 Å². The van der Waals surface area contributed by atoms with E-state index in [9.17, 15) is 9.59 Å². The summed E-state index contributed by atoms with van der Waals surface area (Å²) in [5.74, 6) is -0.812. The molecule has 0 aliphatic carbocycles. The zero-order valence-electron chi connectivity index (χ0n) is 17.5. The number of rotatable bonds is 9. The van der Waals surface area contributed by atoms with Crippen LogP contribution in [0.15, 0.2) is 46.6 Å². The summed E-state index contributed by atoms with van der Waals surface area (Å²) >= 11 is 24.2. The van der Waals surface area contributed by atoms with Gasteiger partial charge in [0.25, 0.3) is 0 Å². The van der Waals surface area contributed by atoms with Crippen LogP contribution in [0.2, 0.25) is 20.1 Å². The summed E-state index contributed by atoms with van der Waals surface area (Å²) in [5.41, 5.74) is 7.47. The summed E-state index contributed by atoms with van der Waals surface area (Å²) in [6.07, 6.45) is 0.979. The molecule has 0 aliphatic heterocycles. The summed E-state index contributed by atoms with van der Waals surface area (Å²) in [7, 11) is 0. The summed E-state index contributed by atoms with van der Waals surface area (Å²) in [4.78, 5) is 24.2. The Bertz CT molecular complexity index is 971. The van der Waals surface area contributed by atoms with E-state index in [2.05, 4.69) is 21.1 Å². The SMILES string of the molecule is CCC(=NNC(=O)CCC(=O)NN=C(CC)c1ccc(Cl)cc1Cl)c1ccc(Cl)cc1Cl. The third-order valence-corrected chi connectivity index (χ3v) is 5.46. The van der Waals surface area contributed by atoms with E-state index < -0.39 is 11.8 Å². The molecule has 0 atom stereocenters. The van der Waals surface area contributed by atoms with E-state index in [4.69, 9.17) is 46.4 Å². The number of hydrogen-bond donors (Lipinski definition) is 2. The largest absolute Gasteiger partial charge is 0.273 e. The average molecular weight is 516 g/mol. The van der Waals surface area contributed by atoms with Crippen LogP contribution >= 0.6 is 46.4 Å². The van der Waals surface area contributed by atoms with E-state index in [1.165, 1.54) is 0 Å². The smallest absolute Gasteiger partial charge is 0.240 e. The maximum atomic E-state index is 12.1. The van der Waals surface area contributed by atoms with E-state index in [1.54, 1.807) is 36.4 Å². The third-order valence-electron chi connectivity index (χ3n) is 4.36. The van der Waals surface area contributed by atoms with Crippen LogP contribution < -0.4 is 10.9 Å². The number of halogens is 4. The monoisotopic (exact) mass is 514 g/mol. The van der Waals surface area contributed by atoms with Gasteiger partial charge in [0, 0.05) is 34.0 Å². The van der Waals surface area contributed by atoms with Crippen molar-refractivity contribution in [2.45, 2.75) is 39.5 Å². The Morgan fingerprint density at radius 2 is 1.09 bits per heavy atom. The molecule has 2 aromatic carbocycles. The molecule has 10 heteroatoms. The van der Waals surface area contributed by atoms with E-state index in [1.807, 2.05) is 13.8 Å². The molecule has 0 unspecified atom stereocenters. The highest BCUT2D eigenvalue weighted by Gasteiger charge is 2.11. The summed E-state index contributed by atoms with van der Waals surface area (Å²) in [6.45, 7) is 3.78. The molecule has 0 fully saturated rings. The summed E-state index contributed by atoms with van der Waals surface area (Å²) < 4.78 is 0. The molecule has 0 saturated heterocycles. The molecule has 0 aliphatic rings. The van der Waals surface area contributed by atoms with Crippen molar-refractivity contribution in [2.24, 2.45) is 10.2 Å². The van der Waals surface area contributed by atoms with Crippen LogP contribution in [0.1, 0.15) is 50.7 Å². The van der Waals surface area contributed by atoms with E-state index in [0.717, 1.165) is 0 Å². The van der Waals surface area contributed by atoms with Gasteiger partial charge >= 0.3 is 0 Å². The van der Waals surface area contributed by atoms with E-state index in [-0.39, 0.29) is 12.8 Å². The van der Waals surface area contributed by atoms with Gasteiger partial charge in [-0.2, -0.15) is 10.2 Å². The van der Waals surface area contributed by atoms with Crippen LogP contribution in [0.3, 0.4) is 0 Å². The molecule has 2 amide bonds. The molecule has 32 heavy (non-hydrogen) atoms. The molecule has 0 saturated carbocycles. The number of carbonyl (C=O) groups excluding carboxylic acids is 2. The Labute approximate surface area is 207 Å². The van der Waals surface area contributed by atoms with Crippen molar-refractivity contribution >= 4 is 69.6 Å². The minimum absolute atomic E-state index is 0.0562. The zero-order chi connectivity index (χ0) is 23.7. The molecule has 0 radical (unpaired) electrons. The normalized spacial score (nSPS) is 11.9. The first-order chi connectivity index (χ1) is 15.2. The molecule has 6 nitrogen and oxygen atoms in total. The minimum Gasteiger partial charge on any atom is -0.273 e. The number of hydrogen-bond acceptors (Lipinski definition) is 4. The molecule has 0 bridgehead atoms. The van der Waals surface area contributed by atoms with Gasteiger partial charge in [-0.05, 0) is 37.1 Å². The van der Waals surface area contributed by atoms with Crippen LogP contribution in [-0.2, 0) is 9.59 Å². The van der Waals surface area contributed by atoms with Crippen molar-refractivity contribution in [1.29, 1.82) is 0 Å². The number of nitrogens with zero attached hydrogens (tertiary/aromatic N) is 2. The van der Waals surface area contributed by atoms with Gasteiger partial charge in [0.05, 0.1) is 21.5 Å². The maximum Gasteiger partial charge on any atom is 0.240 e. The van der Waals surface area contributed by atoms with E-state index >= 15 is 0 Å². The zero-order valence-corrected chi connectivity index (χ0v) is 20.5. The standard InChI is InChI=1S/C22H22Cl4N4O2/c1-3-19(15-7-5-13(23)11-17(15)25)27-29-21(31)9-10-22(32)30-28-20(4-2)16-8-6-14(24)12-18(16)26/h5-8,11-12H,3-4,9-10H2,1-2H3,(H,29,31)(H,30,32). The van der Waals surface area contributed by atoms with Gasteiger partial charge in [0.15, 0.2) is 0 Å². The lowest BCUT2D eigenvalue weighted by atomic mass is 10.1. The third kappa shape index (κ3) is 7.78. The van der Waals surface area contributed by atoms with Crippen LogP contribution in [0.25, 0.3) is 0 Å². The Kier molecular flexibility index (Phi) is 10.5. The molecule has 2 rings (SSSR count). The lowest BCUT2D eigenvalue weighted by Gasteiger charge is -2.08. The highest BCUT2D eigenvalue weighted by Crippen LogP contribution is 2.23. The molecule has 2 aromatic rings. The lowest BCUT2D eigenvalue weighted by Crippen LogP contribution is -2.24. The van der Waals surface area contributed by atoms with Gasteiger partial charge in [0.1, 0.15) is 0 Å². The topological polar surface area (TPSA) is 82.9 Å². The second-order valence-corrected chi connectivity index (χ2v) is 8.33. The first kappa shape index (κ1) is 26.1. The maximum absolute atomic E-state index is 12.1. The van der Waals surface area contributed by atoms with Crippen LogP contribution in [-0.4, -0.2) is 23.2 Å². The molecule has 0 spiro atoms. The predicted molar refractivity (Wildman–Crippen MR) is 132 cm³/mol. The second-order valence-electron chi connectivity index (χ2n) is 6.64. The van der Waals surface area contributed by atoms with E-state index in [0.29, 0.717) is 55.5 Å². The van der Waals surface area contributed by atoms with Crippen LogP contribution in [0.5, 0.6) is 0 Å². The van der Waals surface area contributed by atoms with Gasteiger partial charge in [-0.3, -0.25) is 9.59 Å². The summed E-state index contributed by atoms with van der Waals surface area (Å²) in [5, 5.41) is 10.2. The fraction of sp³-hybridized carbons (Fsp3) is 0.273. The van der Waals surface area contributed by atoms with Crippen LogP contribution in [0.4, 0.5) is 0 Å². The lowest BCUT2D eigenvalue weighted by molar-refractivity contribution is -0.126.